The number of nitriles is 1. The fraction of sp³-hybridized carbons (Fsp3) is 0.364. The summed E-state index contributed by atoms with van der Waals surface area (Å²) in [6, 6.07) is 10.1. The van der Waals surface area contributed by atoms with Gasteiger partial charge in [0.1, 0.15) is 0 Å². The number of nitrogens with zero attached hydrogens (tertiary/aromatic N) is 1. The van der Waals surface area contributed by atoms with Crippen molar-refractivity contribution in [3.8, 4) is 6.07 Å². The highest BCUT2D eigenvalue weighted by molar-refractivity contribution is 5.31. The molecule has 0 fully saturated rings. The third-order valence-corrected chi connectivity index (χ3v) is 2.62. The Morgan fingerprint density at radius 1 is 1.23 bits per heavy atom. The molecule has 66 valence electrons. The van der Waals surface area contributed by atoms with E-state index in [4.69, 9.17) is 5.26 Å². The smallest absolute Gasteiger partial charge is 0.0766 e. The van der Waals surface area contributed by atoms with E-state index in [2.05, 4.69) is 6.07 Å². The van der Waals surface area contributed by atoms with E-state index in [1.54, 1.807) is 0 Å². The van der Waals surface area contributed by atoms with Crippen molar-refractivity contribution in [2.45, 2.75) is 18.9 Å². The van der Waals surface area contributed by atoms with E-state index < -0.39 is 6.10 Å². The number of aliphatic hydroxyl groups is 1. The van der Waals surface area contributed by atoms with E-state index in [0.29, 0.717) is 12.8 Å². The Morgan fingerprint density at radius 3 is 2.46 bits per heavy atom. The summed E-state index contributed by atoms with van der Waals surface area (Å²) in [7, 11) is 0. The van der Waals surface area contributed by atoms with Gasteiger partial charge in [0, 0.05) is 0 Å². The maximum Gasteiger partial charge on any atom is 0.0766 e. The number of hydrogen-bond donors (Lipinski definition) is 1. The molecule has 13 heavy (non-hydrogen) atoms. The van der Waals surface area contributed by atoms with Gasteiger partial charge in [-0.3, -0.25) is 0 Å². The van der Waals surface area contributed by atoms with E-state index in [1.807, 2.05) is 24.3 Å². The largest absolute Gasteiger partial charge is 0.391 e. The SMILES string of the molecule is N#C[C@H]1Cc2ccccc2C[C@@H]1O. The molecule has 0 bridgehead atoms. The van der Waals surface area contributed by atoms with E-state index in [0.717, 1.165) is 0 Å². The van der Waals surface area contributed by atoms with Crippen LogP contribution in [-0.2, 0) is 12.8 Å². The minimum absolute atomic E-state index is 0.227. The summed E-state index contributed by atoms with van der Waals surface area (Å²) in [6.07, 6.45) is 0.822. The van der Waals surface area contributed by atoms with Crippen LogP contribution in [0.3, 0.4) is 0 Å². The molecule has 0 amide bonds. The average molecular weight is 173 g/mol. The quantitative estimate of drug-likeness (QED) is 0.642. The van der Waals surface area contributed by atoms with E-state index >= 15 is 0 Å². The molecule has 0 aromatic heterocycles. The maximum absolute atomic E-state index is 9.59. The topological polar surface area (TPSA) is 44.0 Å². The third kappa shape index (κ3) is 1.43. The van der Waals surface area contributed by atoms with Gasteiger partial charge in [-0.25, -0.2) is 0 Å². The van der Waals surface area contributed by atoms with Crippen molar-refractivity contribution < 1.29 is 5.11 Å². The summed E-state index contributed by atoms with van der Waals surface area (Å²) in [5, 5.41) is 18.4. The molecule has 1 aromatic carbocycles. The van der Waals surface area contributed by atoms with Crippen molar-refractivity contribution in [2.24, 2.45) is 5.92 Å². The molecule has 2 rings (SSSR count). The van der Waals surface area contributed by atoms with Crippen LogP contribution in [0, 0.1) is 17.2 Å². The summed E-state index contributed by atoms with van der Waals surface area (Å²) >= 11 is 0. The van der Waals surface area contributed by atoms with Gasteiger partial charge in [0.25, 0.3) is 0 Å². The molecule has 2 atom stereocenters. The van der Waals surface area contributed by atoms with Crippen LogP contribution in [0.4, 0.5) is 0 Å². The molecule has 2 heteroatoms. The highest BCUT2D eigenvalue weighted by atomic mass is 16.3. The Labute approximate surface area is 77.4 Å². The molecular weight excluding hydrogens is 162 g/mol. The summed E-state index contributed by atoms with van der Waals surface area (Å²) in [6.45, 7) is 0. The van der Waals surface area contributed by atoms with Gasteiger partial charge in [-0.2, -0.15) is 5.26 Å². The molecule has 0 saturated carbocycles. The summed E-state index contributed by atoms with van der Waals surface area (Å²) < 4.78 is 0. The van der Waals surface area contributed by atoms with Gasteiger partial charge < -0.3 is 5.11 Å². The molecule has 0 heterocycles. The standard InChI is InChI=1S/C11H11NO/c12-7-10-5-8-3-1-2-4-9(8)6-11(10)13/h1-4,10-11,13H,5-6H2/t10-,11+/m1/s1. The number of hydrogen-bond acceptors (Lipinski definition) is 2. The molecule has 0 radical (unpaired) electrons. The number of fused-ring (bicyclic) bond motifs is 1. The Balaban J connectivity index is 2.34. The lowest BCUT2D eigenvalue weighted by atomic mass is 9.83. The first-order valence-electron chi connectivity index (χ1n) is 4.45. The highest BCUT2D eigenvalue weighted by Crippen LogP contribution is 2.24. The van der Waals surface area contributed by atoms with Crippen LogP contribution in [-0.4, -0.2) is 11.2 Å². The summed E-state index contributed by atoms with van der Waals surface area (Å²) in [4.78, 5) is 0. The number of rotatable bonds is 0. The molecular formula is C11H11NO. The first-order valence-corrected chi connectivity index (χ1v) is 4.45. The van der Waals surface area contributed by atoms with Gasteiger partial charge in [-0.15, -0.1) is 0 Å². The predicted molar refractivity (Wildman–Crippen MR) is 49.0 cm³/mol. The van der Waals surface area contributed by atoms with Crippen LogP contribution in [0.15, 0.2) is 24.3 Å². The zero-order chi connectivity index (χ0) is 9.26. The average Bonchev–Trinajstić information content (AvgIpc) is 2.17. The molecule has 0 saturated heterocycles. The van der Waals surface area contributed by atoms with Crippen LogP contribution in [0.5, 0.6) is 0 Å². The lowest BCUT2D eigenvalue weighted by Crippen LogP contribution is -2.28. The maximum atomic E-state index is 9.59. The van der Waals surface area contributed by atoms with Crippen LogP contribution >= 0.6 is 0 Å². The third-order valence-electron chi connectivity index (χ3n) is 2.62. The van der Waals surface area contributed by atoms with Crippen molar-refractivity contribution >= 4 is 0 Å². The highest BCUT2D eigenvalue weighted by Gasteiger charge is 2.25. The van der Waals surface area contributed by atoms with Crippen molar-refractivity contribution in [2.75, 3.05) is 0 Å². The monoisotopic (exact) mass is 173 g/mol. The van der Waals surface area contributed by atoms with Gasteiger partial charge in [0.2, 0.25) is 0 Å². The molecule has 1 aromatic rings. The lowest BCUT2D eigenvalue weighted by molar-refractivity contribution is 0.126. The van der Waals surface area contributed by atoms with Crippen molar-refractivity contribution in [1.82, 2.24) is 0 Å². The second-order valence-electron chi connectivity index (χ2n) is 3.48. The Hall–Kier alpha value is -1.33. The van der Waals surface area contributed by atoms with Gasteiger partial charge in [0.15, 0.2) is 0 Å². The minimum Gasteiger partial charge on any atom is -0.391 e. The fourth-order valence-corrected chi connectivity index (χ4v) is 1.83. The minimum atomic E-state index is -0.486. The molecule has 0 aliphatic heterocycles. The van der Waals surface area contributed by atoms with E-state index in [-0.39, 0.29) is 5.92 Å². The van der Waals surface area contributed by atoms with Crippen molar-refractivity contribution in [1.29, 1.82) is 5.26 Å². The number of aliphatic hydroxyl groups excluding tert-OH is 1. The van der Waals surface area contributed by atoms with Crippen molar-refractivity contribution in [3.63, 3.8) is 0 Å². The molecule has 0 spiro atoms. The zero-order valence-electron chi connectivity index (χ0n) is 7.27. The molecule has 1 aliphatic carbocycles. The van der Waals surface area contributed by atoms with Gasteiger partial charge >= 0.3 is 0 Å². The summed E-state index contributed by atoms with van der Waals surface area (Å²) in [5.41, 5.74) is 2.39. The first-order chi connectivity index (χ1) is 6.31. The Kier molecular flexibility index (Phi) is 2.03. The first kappa shape index (κ1) is 8.28. The normalized spacial score (nSPS) is 26.2. The second kappa shape index (κ2) is 3.20. The van der Waals surface area contributed by atoms with Crippen LogP contribution in [0.25, 0.3) is 0 Å². The molecule has 0 unspecified atom stereocenters. The zero-order valence-corrected chi connectivity index (χ0v) is 7.27. The molecule has 1 aliphatic rings. The lowest BCUT2D eigenvalue weighted by Gasteiger charge is -2.24. The van der Waals surface area contributed by atoms with Gasteiger partial charge in [-0.1, -0.05) is 24.3 Å². The second-order valence-corrected chi connectivity index (χ2v) is 3.48. The predicted octanol–water partition coefficient (Wildman–Crippen LogP) is 1.29. The van der Waals surface area contributed by atoms with Crippen LogP contribution in [0.2, 0.25) is 0 Å². The van der Waals surface area contributed by atoms with Crippen LogP contribution in [0.1, 0.15) is 11.1 Å². The molecule has 1 N–H and O–H groups in total. The molecule has 2 nitrogen and oxygen atoms in total. The van der Waals surface area contributed by atoms with E-state index in [9.17, 15) is 5.11 Å². The summed E-state index contributed by atoms with van der Waals surface area (Å²) in [5.74, 6) is -0.227. The fourth-order valence-electron chi connectivity index (χ4n) is 1.83. The number of benzene rings is 1. The van der Waals surface area contributed by atoms with E-state index in [1.165, 1.54) is 11.1 Å². The van der Waals surface area contributed by atoms with Gasteiger partial charge in [0.05, 0.1) is 18.1 Å². The van der Waals surface area contributed by atoms with Crippen LogP contribution < -0.4 is 0 Å². The Morgan fingerprint density at radius 2 is 1.85 bits per heavy atom. The van der Waals surface area contributed by atoms with Gasteiger partial charge in [-0.05, 0) is 24.0 Å². The Bertz CT molecular complexity index is 353. The van der Waals surface area contributed by atoms with Crippen molar-refractivity contribution in [3.05, 3.63) is 35.4 Å².